The highest BCUT2D eigenvalue weighted by atomic mass is 16.3. The van der Waals surface area contributed by atoms with Crippen molar-refractivity contribution in [3.8, 4) is 11.5 Å². The van der Waals surface area contributed by atoms with E-state index in [0.29, 0.717) is 27.8 Å². The number of nitrogens with two attached hydrogens (primary N) is 1. The number of phenolic OH excluding ortho intramolecular Hbond substituents is 2. The van der Waals surface area contributed by atoms with Crippen LogP contribution in [0.3, 0.4) is 0 Å². The fourth-order valence-electron chi connectivity index (χ4n) is 3.13. The van der Waals surface area contributed by atoms with Gasteiger partial charge in [0.25, 0.3) is 5.91 Å². The zero-order valence-electron chi connectivity index (χ0n) is 17.1. The lowest BCUT2D eigenvalue weighted by molar-refractivity contribution is 0.0941. The third-order valence-corrected chi connectivity index (χ3v) is 5.01. The molecule has 0 aliphatic heterocycles. The van der Waals surface area contributed by atoms with Crippen LogP contribution in [-0.4, -0.2) is 43.0 Å². The number of anilines is 1. The number of rotatable bonds is 5. The number of carbonyl (C=O) groups excluding carboxylic acids is 1. The molecule has 9 heteroatoms. The van der Waals surface area contributed by atoms with Crippen LogP contribution in [-0.2, 0) is 0 Å². The van der Waals surface area contributed by atoms with Crippen molar-refractivity contribution >= 4 is 40.1 Å². The zero-order chi connectivity index (χ0) is 22.1. The molecule has 0 aliphatic carbocycles. The van der Waals surface area contributed by atoms with Gasteiger partial charge in [-0.2, -0.15) is 9.78 Å². The predicted molar refractivity (Wildman–Crippen MR) is 119 cm³/mol. The first kappa shape index (κ1) is 20.1. The van der Waals surface area contributed by atoms with Gasteiger partial charge in [0.05, 0.1) is 17.2 Å². The van der Waals surface area contributed by atoms with E-state index in [9.17, 15) is 15.0 Å². The van der Waals surface area contributed by atoms with Gasteiger partial charge in [0.2, 0.25) is 0 Å². The van der Waals surface area contributed by atoms with E-state index >= 15 is 0 Å². The average molecular weight is 418 g/mol. The van der Waals surface area contributed by atoms with Gasteiger partial charge in [0.1, 0.15) is 16.9 Å². The molecule has 31 heavy (non-hydrogen) atoms. The number of nitrogens with zero attached hydrogens (tertiary/aromatic N) is 4. The van der Waals surface area contributed by atoms with Gasteiger partial charge < -0.3 is 21.3 Å². The molecule has 0 fully saturated rings. The molecule has 0 saturated carbocycles. The molecule has 1 atom stereocenters. The van der Waals surface area contributed by atoms with E-state index < -0.39 is 0 Å². The Morgan fingerprint density at radius 2 is 1.90 bits per heavy atom. The number of phenols is 2. The molecule has 0 bridgehead atoms. The first-order valence-corrected chi connectivity index (χ1v) is 9.83. The first-order chi connectivity index (χ1) is 14.9. The Bertz CT molecular complexity index is 1330. The third-order valence-electron chi connectivity index (χ3n) is 5.01. The molecule has 9 nitrogen and oxygen atoms in total. The Morgan fingerprint density at radius 1 is 1.19 bits per heavy atom. The van der Waals surface area contributed by atoms with E-state index in [1.54, 1.807) is 6.07 Å². The van der Waals surface area contributed by atoms with Gasteiger partial charge in [-0.25, -0.2) is 9.97 Å². The molecule has 158 valence electrons. The molecule has 2 heterocycles. The Kier molecular flexibility index (Phi) is 5.16. The van der Waals surface area contributed by atoms with E-state index in [4.69, 9.17) is 5.73 Å². The lowest BCUT2D eigenvalue weighted by Gasteiger charge is -2.11. The maximum absolute atomic E-state index is 13.0. The number of hydrogen-bond acceptors (Lipinski definition) is 7. The minimum atomic E-state index is -0.349. The van der Waals surface area contributed by atoms with Crippen LogP contribution in [0.1, 0.15) is 36.2 Å². The number of benzene rings is 2. The molecule has 0 spiro atoms. The van der Waals surface area contributed by atoms with Crippen LogP contribution in [0.5, 0.6) is 11.5 Å². The summed E-state index contributed by atoms with van der Waals surface area (Å²) in [7, 11) is 0. The summed E-state index contributed by atoms with van der Waals surface area (Å²) in [6, 6.07) is 11.6. The van der Waals surface area contributed by atoms with Crippen molar-refractivity contribution in [1.29, 1.82) is 0 Å². The second kappa shape index (κ2) is 7.94. The van der Waals surface area contributed by atoms with E-state index in [-0.39, 0.29) is 34.8 Å². The number of amides is 1. The van der Waals surface area contributed by atoms with E-state index in [1.807, 2.05) is 38.1 Å². The topological polar surface area (TPSA) is 139 Å². The van der Waals surface area contributed by atoms with Crippen LogP contribution in [0, 0.1) is 0 Å². The van der Waals surface area contributed by atoms with Crippen LogP contribution >= 0.6 is 0 Å². The molecule has 0 aliphatic rings. The summed E-state index contributed by atoms with van der Waals surface area (Å²) in [5.41, 5.74) is 9.03. The fourth-order valence-corrected chi connectivity index (χ4v) is 3.13. The van der Waals surface area contributed by atoms with Gasteiger partial charge in [-0.15, -0.1) is 0 Å². The van der Waals surface area contributed by atoms with Crippen molar-refractivity contribution in [2.24, 2.45) is 5.10 Å². The summed E-state index contributed by atoms with van der Waals surface area (Å²) in [5, 5.41) is 26.5. The summed E-state index contributed by atoms with van der Waals surface area (Å²) in [6.07, 6.45) is 2.21. The molecule has 0 radical (unpaired) electrons. The summed E-state index contributed by atoms with van der Waals surface area (Å²) in [6.45, 7) is 3.88. The summed E-state index contributed by atoms with van der Waals surface area (Å²) in [5.74, 6) is -0.749. The summed E-state index contributed by atoms with van der Waals surface area (Å²) in [4.78, 5) is 22.2. The molecule has 4 aromatic rings. The average Bonchev–Trinajstić information content (AvgIpc) is 3.03. The van der Waals surface area contributed by atoms with Gasteiger partial charge >= 0.3 is 0 Å². The highest BCUT2D eigenvalue weighted by Crippen LogP contribution is 2.28. The molecule has 1 unspecified atom stereocenters. The number of nitrogens with one attached hydrogen (secondary N) is 1. The Labute approximate surface area is 177 Å². The normalized spacial score (nSPS) is 12.6. The van der Waals surface area contributed by atoms with Crippen LogP contribution in [0.4, 0.5) is 5.82 Å². The number of hydrogen-bond donors (Lipinski definition) is 4. The predicted octanol–water partition coefficient (Wildman–Crippen LogP) is 2.99. The van der Waals surface area contributed by atoms with Crippen molar-refractivity contribution in [2.75, 3.05) is 5.73 Å². The van der Waals surface area contributed by atoms with Crippen LogP contribution in [0.15, 0.2) is 47.6 Å². The second-order valence-corrected chi connectivity index (χ2v) is 7.23. The van der Waals surface area contributed by atoms with Crippen LogP contribution < -0.4 is 11.1 Å². The molecule has 2 aromatic heterocycles. The smallest absolute Gasteiger partial charge is 0.257 e. The second-order valence-electron chi connectivity index (χ2n) is 7.23. The van der Waals surface area contributed by atoms with Crippen LogP contribution in [0.2, 0.25) is 0 Å². The number of fused-ring (bicyclic) bond motifs is 2. The lowest BCUT2D eigenvalue weighted by atomic mass is 10.2. The van der Waals surface area contributed by atoms with E-state index in [1.165, 1.54) is 23.0 Å². The maximum atomic E-state index is 13.0. The van der Waals surface area contributed by atoms with Crippen molar-refractivity contribution in [3.63, 3.8) is 0 Å². The molecule has 0 saturated heterocycles. The molecule has 2 aromatic carbocycles. The van der Waals surface area contributed by atoms with Crippen molar-refractivity contribution in [2.45, 2.75) is 26.3 Å². The number of aromatic hydroxyl groups is 2. The number of carbonyl (C=O) groups is 1. The van der Waals surface area contributed by atoms with Crippen molar-refractivity contribution in [1.82, 2.24) is 20.0 Å². The number of para-hydroxylation sites is 2. The van der Waals surface area contributed by atoms with Crippen molar-refractivity contribution < 1.29 is 15.0 Å². The van der Waals surface area contributed by atoms with Gasteiger partial charge in [-0.05, 0) is 49.2 Å². The minimum absolute atomic E-state index is 0.0396. The maximum Gasteiger partial charge on any atom is 0.257 e. The van der Waals surface area contributed by atoms with Gasteiger partial charge in [0.15, 0.2) is 17.1 Å². The molecule has 1 amide bonds. The molecular weight excluding hydrogens is 396 g/mol. The molecule has 5 N–H and O–H groups in total. The zero-order valence-corrected chi connectivity index (χ0v) is 17.1. The quantitative estimate of drug-likeness (QED) is 0.290. The third kappa shape index (κ3) is 3.73. The number of nitrogen functional groups attached to an aromatic ring is 1. The monoisotopic (exact) mass is 418 g/mol. The van der Waals surface area contributed by atoms with Crippen molar-refractivity contribution in [3.05, 3.63) is 53.6 Å². The highest BCUT2D eigenvalue weighted by molar-refractivity contribution is 6.10. The lowest BCUT2D eigenvalue weighted by Crippen LogP contribution is -2.32. The molecule has 4 rings (SSSR count). The SMILES string of the molecule is CCC(C)NC(=O)c1c(N)n(N=Cc2ccc(O)c(O)c2)c2nc3ccccc3nc12. The van der Waals surface area contributed by atoms with Gasteiger partial charge in [0, 0.05) is 6.04 Å². The standard InChI is InChI=1S/C22H22N6O3/c1-3-12(2)25-22(31)18-19-21(27-15-7-5-4-6-14(15)26-19)28(20(18)23)24-11-13-8-9-16(29)17(30)10-13/h4-12,29-30H,3,23H2,1-2H3,(H,25,31). The summed E-state index contributed by atoms with van der Waals surface area (Å²) >= 11 is 0. The largest absolute Gasteiger partial charge is 0.504 e. The fraction of sp³-hybridized carbons (Fsp3) is 0.182. The number of aromatic nitrogens is 3. The Balaban J connectivity index is 1.90. The Morgan fingerprint density at radius 3 is 2.58 bits per heavy atom. The Hall–Kier alpha value is -4.14. The van der Waals surface area contributed by atoms with Crippen LogP contribution in [0.25, 0.3) is 22.2 Å². The minimum Gasteiger partial charge on any atom is -0.504 e. The highest BCUT2D eigenvalue weighted by Gasteiger charge is 2.24. The summed E-state index contributed by atoms with van der Waals surface area (Å²) < 4.78 is 1.35. The van der Waals surface area contributed by atoms with Gasteiger partial charge in [-0.1, -0.05) is 19.1 Å². The van der Waals surface area contributed by atoms with Gasteiger partial charge in [-0.3, -0.25) is 4.79 Å². The first-order valence-electron chi connectivity index (χ1n) is 9.83. The van der Waals surface area contributed by atoms with E-state index in [2.05, 4.69) is 20.4 Å². The molecular formula is C22H22N6O3. The van der Waals surface area contributed by atoms with E-state index in [0.717, 1.165) is 6.42 Å².